The topological polar surface area (TPSA) is 106 Å². The van der Waals surface area contributed by atoms with Crippen LogP contribution in [-0.2, 0) is 26.1 Å². The highest BCUT2D eigenvalue weighted by molar-refractivity contribution is 7.99. The zero-order valence-corrected chi connectivity index (χ0v) is 18.5. The highest BCUT2D eigenvalue weighted by Gasteiger charge is 2.21. The maximum absolute atomic E-state index is 12.6. The lowest BCUT2D eigenvalue weighted by molar-refractivity contribution is -0.113. The van der Waals surface area contributed by atoms with Crippen molar-refractivity contribution >= 4 is 33.4 Å². The van der Waals surface area contributed by atoms with Crippen molar-refractivity contribution in [3.8, 4) is 0 Å². The number of ether oxygens (including phenoxy) is 1. The number of nitrogens with one attached hydrogen (secondary N) is 1. The van der Waals surface area contributed by atoms with Gasteiger partial charge in [0.05, 0.1) is 10.6 Å². The summed E-state index contributed by atoms with van der Waals surface area (Å²) < 4.78 is 33.6. The SMILES string of the molecule is CCN(CC)S(=O)(=O)c1cccc(NC(=O)CSc2nncn2CCCOC)c1. The van der Waals surface area contributed by atoms with Gasteiger partial charge in [-0.3, -0.25) is 4.79 Å². The van der Waals surface area contributed by atoms with Crippen molar-refractivity contribution in [3.63, 3.8) is 0 Å². The Morgan fingerprint density at radius 3 is 2.76 bits per heavy atom. The van der Waals surface area contributed by atoms with Gasteiger partial charge < -0.3 is 14.6 Å². The van der Waals surface area contributed by atoms with Gasteiger partial charge in [0.25, 0.3) is 0 Å². The third kappa shape index (κ3) is 6.53. The summed E-state index contributed by atoms with van der Waals surface area (Å²) in [6.45, 7) is 5.69. The molecule has 0 saturated heterocycles. The van der Waals surface area contributed by atoms with Gasteiger partial charge in [-0.25, -0.2) is 8.42 Å². The summed E-state index contributed by atoms with van der Waals surface area (Å²) >= 11 is 1.27. The summed E-state index contributed by atoms with van der Waals surface area (Å²) in [4.78, 5) is 12.5. The monoisotopic (exact) mass is 441 g/mol. The normalized spacial score (nSPS) is 11.7. The van der Waals surface area contributed by atoms with Crippen molar-refractivity contribution in [2.75, 3.05) is 37.9 Å². The van der Waals surface area contributed by atoms with Gasteiger partial charge in [0.1, 0.15) is 6.33 Å². The molecule has 0 aliphatic carbocycles. The van der Waals surface area contributed by atoms with Gasteiger partial charge in [-0.15, -0.1) is 10.2 Å². The molecule has 2 rings (SSSR count). The van der Waals surface area contributed by atoms with E-state index in [0.717, 1.165) is 6.42 Å². The van der Waals surface area contributed by atoms with Crippen LogP contribution in [0.2, 0.25) is 0 Å². The number of rotatable bonds is 12. The number of methoxy groups -OCH3 is 1. The molecule has 11 heteroatoms. The van der Waals surface area contributed by atoms with Crippen LogP contribution in [0.25, 0.3) is 0 Å². The third-order valence-corrected chi connectivity index (χ3v) is 7.15. The number of hydrogen-bond acceptors (Lipinski definition) is 7. The molecule has 160 valence electrons. The first-order chi connectivity index (χ1) is 13.9. The molecule has 0 atom stereocenters. The molecule has 29 heavy (non-hydrogen) atoms. The van der Waals surface area contributed by atoms with Crippen LogP contribution < -0.4 is 5.32 Å². The fraction of sp³-hybridized carbons (Fsp3) is 0.500. The van der Waals surface area contributed by atoms with Crippen molar-refractivity contribution in [2.45, 2.75) is 36.9 Å². The average molecular weight is 442 g/mol. The van der Waals surface area contributed by atoms with Crippen LogP contribution in [-0.4, -0.2) is 66.0 Å². The molecule has 0 spiro atoms. The Balaban J connectivity index is 1.98. The smallest absolute Gasteiger partial charge is 0.243 e. The number of hydrogen-bond donors (Lipinski definition) is 1. The number of carbonyl (C=O) groups excluding carboxylic acids is 1. The Bertz CT molecular complexity index is 897. The van der Waals surface area contributed by atoms with E-state index in [-0.39, 0.29) is 16.6 Å². The molecule has 0 aliphatic rings. The predicted molar refractivity (Wildman–Crippen MR) is 112 cm³/mol. The number of sulfonamides is 1. The Hall–Kier alpha value is -1.95. The first-order valence-electron chi connectivity index (χ1n) is 9.32. The zero-order chi connectivity index (χ0) is 21.3. The first kappa shape index (κ1) is 23.3. The van der Waals surface area contributed by atoms with Crippen LogP contribution >= 0.6 is 11.8 Å². The summed E-state index contributed by atoms with van der Waals surface area (Å²) in [6.07, 6.45) is 2.44. The van der Waals surface area contributed by atoms with Gasteiger partial charge in [0.2, 0.25) is 15.9 Å². The molecule has 1 N–H and O–H groups in total. The van der Waals surface area contributed by atoms with Crippen molar-refractivity contribution in [1.82, 2.24) is 19.1 Å². The minimum absolute atomic E-state index is 0.135. The molecule has 1 amide bonds. The minimum Gasteiger partial charge on any atom is -0.385 e. The lowest BCUT2D eigenvalue weighted by Crippen LogP contribution is -2.30. The summed E-state index contributed by atoms with van der Waals surface area (Å²) in [6, 6.07) is 6.28. The quantitative estimate of drug-likeness (QED) is 0.397. The predicted octanol–water partition coefficient (Wildman–Crippen LogP) is 2.08. The van der Waals surface area contributed by atoms with E-state index in [1.54, 1.807) is 39.4 Å². The van der Waals surface area contributed by atoms with Crippen LogP contribution in [0.3, 0.4) is 0 Å². The number of thioether (sulfide) groups is 1. The Morgan fingerprint density at radius 1 is 1.31 bits per heavy atom. The third-order valence-electron chi connectivity index (χ3n) is 4.12. The van der Waals surface area contributed by atoms with Crippen molar-refractivity contribution in [3.05, 3.63) is 30.6 Å². The standard InChI is InChI=1S/C18H27N5O4S2/c1-4-23(5-2)29(25,26)16-9-6-8-15(12-16)20-17(24)13-28-18-21-19-14-22(18)10-7-11-27-3/h6,8-9,12,14H,4-5,7,10-11,13H2,1-3H3,(H,20,24). The van der Waals surface area contributed by atoms with Crippen LogP contribution in [0.15, 0.2) is 40.6 Å². The van der Waals surface area contributed by atoms with Gasteiger partial charge in [-0.1, -0.05) is 31.7 Å². The number of benzene rings is 1. The Morgan fingerprint density at radius 2 is 2.07 bits per heavy atom. The molecule has 0 unspecified atom stereocenters. The number of carbonyl (C=O) groups is 1. The second-order valence-corrected chi connectivity index (χ2v) is 8.99. The van der Waals surface area contributed by atoms with Gasteiger partial charge >= 0.3 is 0 Å². The lowest BCUT2D eigenvalue weighted by Gasteiger charge is -2.18. The van der Waals surface area contributed by atoms with Gasteiger partial charge in [-0.05, 0) is 24.6 Å². The van der Waals surface area contributed by atoms with Crippen molar-refractivity contribution in [2.24, 2.45) is 0 Å². The van der Waals surface area contributed by atoms with Gasteiger partial charge in [0.15, 0.2) is 5.16 Å². The van der Waals surface area contributed by atoms with Crippen LogP contribution in [0, 0.1) is 0 Å². The molecule has 1 aromatic heterocycles. The number of aromatic nitrogens is 3. The molecule has 0 radical (unpaired) electrons. The summed E-state index contributed by atoms with van der Waals surface area (Å²) in [5, 5.41) is 11.3. The van der Waals surface area contributed by atoms with Crippen molar-refractivity contribution < 1.29 is 17.9 Å². The van der Waals surface area contributed by atoms with Crippen LogP contribution in [0.4, 0.5) is 5.69 Å². The molecular weight excluding hydrogens is 414 g/mol. The second kappa shape index (κ2) is 11.3. The fourth-order valence-corrected chi connectivity index (χ4v) is 4.91. The fourth-order valence-electron chi connectivity index (χ4n) is 2.66. The van der Waals surface area contributed by atoms with E-state index in [1.165, 1.54) is 28.2 Å². The highest BCUT2D eigenvalue weighted by Crippen LogP contribution is 2.20. The minimum atomic E-state index is -3.58. The molecular formula is C18H27N5O4S2. The van der Waals surface area contributed by atoms with E-state index in [9.17, 15) is 13.2 Å². The molecule has 0 bridgehead atoms. The molecule has 1 aromatic carbocycles. The number of aryl methyl sites for hydroxylation is 1. The maximum atomic E-state index is 12.6. The van der Waals surface area contributed by atoms with Gasteiger partial charge in [0, 0.05) is 39.0 Å². The van der Waals surface area contributed by atoms with E-state index in [2.05, 4.69) is 15.5 Å². The molecule has 0 saturated carbocycles. The summed E-state index contributed by atoms with van der Waals surface area (Å²) in [5.74, 6) is -0.116. The highest BCUT2D eigenvalue weighted by atomic mass is 32.2. The van der Waals surface area contributed by atoms with E-state index < -0.39 is 10.0 Å². The lowest BCUT2D eigenvalue weighted by atomic mass is 10.3. The number of amides is 1. The Labute approximate surface area is 175 Å². The summed E-state index contributed by atoms with van der Waals surface area (Å²) in [5.41, 5.74) is 0.436. The van der Waals surface area contributed by atoms with E-state index >= 15 is 0 Å². The number of anilines is 1. The van der Waals surface area contributed by atoms with E-state index in [0.29, 0.717) is 37.1 Å². The molecule has 2 aromatic rings. The first-order valence-corrected chi connectivity index (χ1v) is 11.7. The van der Waals surface area contributed by atoms with Crippen LogP contribution in [0.5, 0.6) is 0 Å². The zero-order valence-electron chi connectivity index (χ0n) is 16.9. The summed E-state index contributed by atoms with van der Waals surface area (Å²) in [7, 11) is -1.93. The van der Waals surface area contributed by atoms with Crippen LogP contribution in [0.1, 0.15) is 20.3 Å². The molecule has 1 heterocycles. The molecule has 9 nitrogen and oxygen atoms in total. The number of nitrogens with zero attached hydrogens (tertiary/aromatic N) is 4. The van der Waals surface area contributed by atoms with E-state index in [4.69, 9.17) is 4.74 Å². The molecule has 0 aliphatic heterocycles. The van der Waals surface area contributed by atoms with E-state index in [1.807, 2.05) is 4.57 Å². The van der Waals surface area contributed by atoms with Gasteiger partial charge in [-0.2, -0.15) is 4.31 Å². The Kier molecular flexibility index (Phi) is 9.08. The van der Waals surface area contributed by atoms with Crippen molar-refractivity contribution in [1.29, 1.82) is 0 Å². The second-order valence-electron chi connectivity index (χ2n) is 6.11. The average Bonchev–Trinajstić information content (AvgIpc) is 3.15. The maximum Gasteiger partial charge on any atom is 0.243 e. The molecule has 0 fully saturated rings. The largest absolute Gasteiger partial charge is 0.385 e.